The summed E-state index contributed by atoms with van der Waals surface area (Å²) in [5.74, 6) is 0. The minimum Gasteiger partial charge on any atom is -0.372 e. The van der Waals surface area contributed by atoms with Crippen LogP contribution in [0.5, 0.6) is 0 Å². The monoisotopic (exact) mass is 163 g/mol. The molecule has 12 heavy (non-hydrogen) atoms. The van der Waals surface area contributed by atoms with Gasteiger partial charge in [-0.3, -0.25) is 0 Å². The van der Waals surface area contributed by atoms with Crippen molar-refractivity contribution in [3.8, 4) is 0 Å². The molecule has 0 saturated carbocycles. The zero-order valence-electron chi connectivity index (χ0n) is 6.99. The molecule has 1 atom stereocenters. The van der Waals surface area contributed by atoms with E-state index in [0.717, 1.165) is 19.7 Å². The Morgan fingerprint density at radius 1 is 1.33 bits per heavy atom. The van der Waals surface area contributed by atoms with Crippen molar-refractivity contribution in [1.82, 2.24) is 5.32 Å². The van der Waals surface area contributed by atoms with Crippen LogP contribution >= 0.6 is 0 Å². The van der Waals surface area contributed by atoms with Crippen LogP contribution < -0.4 is 5.32 Å². The molecule has 1 aliphatic heterocycles. The minimum atomic E-state index is 0.480. The molecule has 1 saturated heterocycles. The lowest BCUT2D eigenvalue weighted by atomic mass is 10.2. The third-order valence-electron chi connectivity index (χ3n) is 1.95. The van der Waals surface area contributed by atoms with E-state index in [4.69, 9.17) is 4.74 Å². The number of ether oxygens (including phenoxy) is 1. The van der Waals surface area contributed by atoms with Gasteiger partial charge in [0.1, 0.15) is 0 Å². The van der Waals surface area contributed by atoms with Crippen molar-refractivity contribution in [3.63, 3.8) is 0 Å². The summed E-state index contributed by atoms with van der Waals surface area (Å²) in [6, 6.07) is 10.4. The van der Waals surface area contributed by atoms with Crippen LogP contribution in [0, 0.1) is 0 Å². The third kappa shape index (κ3) is 2.32. The van der Waals surface area contributed by atoms with Crippen LogP contribution in [-0.4, -0.2) is 19.3 Å². The summed E-state index contributed by atoms with van der Waals surface area (Å²) in [4.78, 5) is 0. The molecule has 0 amide bonds. The molecule has 1 aliphatic rings. The van der Waals surface area contributed by atoms with Gasteiger partial charge in [-0.1, -0.05) is 30.3 Å². The quantitative estimate of drug-likeness (QED) is 0.674. The molecule has 0 unspecified atom stereocenters. The zero-order chi connectivity index (χ0) is 8.23. The first-order chi connectivity index (χ1) is 5.95. The fraction of sp³-hybridized carbons (Fsp3) is 0.400. The largest absolute Gasteiger partial charge is 0.372 e. The standard InChI is InChI=1S/C10H13NO/c1-2-4-9(5-3-1)6-11-7-10-8-12-10/h1-5,10-11H,6-8H2/t10-/m0/s1. The van der Waals surface area contributed by atoms with E-state index in [0.29, 0.717) is 6.10 Å². The first-order valence-corrected chi connectivity index (χ1v) is 4.31. The molecule has 0 aliphatic carbocycles. The van der Waals surface area contributed by atoms with Gasteiger partial charge in [0.25, 0.3) is 0 Å². The van der Waals surface area contributed by atoms with Crippen LogP contribution in [-0.2, 0) is 11.3 Å². The highest BCUT2D eigenvalue weighted by Crippen LogP contribution is 2.06. The van der Waals surface area contributed by atoms with Gasteiger partial charge in [-0.2, -0.15) is 0 Å². The molecular weight excluding hydrogens is 150 g/mol. The highest BCUT2D eigenvalue weighted by atomic mass is 16.6. The first-order valence-electron chi connectivity index (χ1n) is 4.31. The van der Waals surface area contributed by atoms with Crippen LogP contribution in [0.2, 0.25) is 0 Å². The molecule has 2 rings (SSSR count). The lowest BCUT2D eigenvalue weighted by Crippen LogP contribution is -2.18. The molecule has 0 bridgehead atoms. The van der Waals surface area contributed by atoms with Crippen molar-refractivity contribution in [2.75, 3.05) is 13.2 Å². The number of rotatable bonds is 4. The lowest BCUT2D eigenvalue weighted by molar-refractivity contribution is 0.396. The summed E-state index contributed by atoms with van der Waals surface area (Å²) < 4.78 is 5.08. The number of hydrogen-bond donors (Lipinski definition) is 1. The Hall–Kier alpha value is -0.860. The topological polar surface area (TPSA) is 24.6 Å². The summed E-state index contributed by atoms with van der Waals surface area (Å²) >= 11 is 0. The molecule has 2 nitrogen and oxygen atoms in total. The van der Waals surface area contributed by atoms with Gasteiger partial charge in [-0.25, -0.2) is 0 Å². The summed E-state index contributed by atoms with van der Waals surface area (Å²) in [5.41, 5.74) is 1.33. The number of benzene rings is 1. The van der Waals surface area contributed by atoms with Gasteiger partial charge < -0.3 is 10.1 Å². The van der Waals surface area contributed by atoms with E-state index in [-0.39, 0.29) is 0 Å². The van der Waals surface area contributed by atoms with Gasteiger partial charge >= 0.3 is 0 Å². The Morgan fingerprint density at radius 2 is 2.08 bits per heavy atom. The van der Waals surface area contributed by atoms with Crippen molar-refractivity contribution in [1.29, 1.82) is 0 Å². The molecule has 1 N–H and O–H groups in total. The number of epoxide rings is 1. The SMILES string of the molecule is c1ccc(CNC[C@H]2CO2)cc1. The first kappa shape index (κ1) is 7.77. The van der Waals surface area contributed by atoms with E-state index in [1.54, 1.807) is 0 Å². The summed E-state index contributed by atoms with van der Waals surface area (Å²) in [6.07, 6.45) is 0.480. The van der Waals surface area contributed by atoms with E-state index in [9.17, 15) is 0 Å². The number of hydrogen-bond acceptors (Lipinski definition) is 2. The van der Waals surface area contributed by atoms with E-state index in [1.165, 1.54) is 5.56 Å². The van der Waals surface area contributed by atoms with E-state index in [2.05, 4.69) is 29.6 Å². The van der Waals surface area contributed by atoms with Crippen LogP contribution in [0.1, 0.15) is 5.56 Å². The maximum Gasteiger partial charge on any atom is 0.0934 e. The van der Waals surface area contributed by atoms with Crippen LogP contribution in [0.4, 0.5) is 0 Å². The molecule has 0 spiro atoms. The van der Waals surface area contributed by atoms with Gasteiger partial charge in [0.15, 0.2) is 0 Å². The van der Waals surface area contributed by atoms with Gasteiger partial charge in [-0.05, 0) is 5.56 Å². The average molecular weight is 163 g/mol. The summed E-state index contributed by atoms with van der Waals surface area (Å²) in [6.45, 7) is 2.86. The Balaban J connectivity index is 1.72. The molecule has 0 aromatic heterocycles. The number of nitrogens with one attached hydrogen (secondary N) is 1. The summed E-state index contributed by atoms with van der Waals surface area (Å²) in [7, 11) is 0. The molecule has 1 heterocycles. The maximum atomic E-state index is 5.08. The van der Waals surface area contributed by atoms with Gasteiger partial charge in [0, 0.05) is 13.1 Å². The highest BCUT2D eigenvalue weighted by molar-refractivity contribution is 5.14. The van der Waals surface area contributed by atoms with Gasteiger partial charge in [-0.15, -0.1) is 0 Å². The van der Waals surface area contributed by atoms with Crippen LogP contribution in [0.3, 0.4) is 0 Å². The fourth-order valence-electron chi connectivity index (χ4n) is 1.16. The van der Waals surface area contributed by atoms with Crippen molar-refractivity contribution >= 4 is 0 Å². The predicted molar refractivity (Wildman–Crippen MR) is 47.9 cm³/mol. The van der Waals surface area contributed by atoms with Crippen LogP contribution in [0.25, 0.3) is 0 Å². The second-order valence-electron chi connectivity index (χ2n) is 3.07. The Labute approximate surface area is 72.5 Å². The van der Waals surface area contributed by atoms with Crippen molar-refractivity contribution in [2.45, 2.75) is 12.6 Å². The zero-order valence-corrected chi connectivity index (χ0v) is 6.99. The lowest BCUT2D eigenvalue weighted by Gasteiger charge is -2.01. The molecule has 1 aromatic rings. The summed E-state index contributed by atoms with van der Waals surface area (Å²) in [5, 5.41) is 3.34. The second-order valence-corrected chi connectivity index (χ2v) is 3.07. The fourth-order valence-corrected chi connectivity index (χ4v) is 1.16. The van der Waals surface area contributed by atoms with E-state index in [1.807, 2.05) is 6.07 Å². The van der Waals surface area contributed by atoms with Gasteiger partial charge in [0.2, 0.25) is 0 Å². The van der Waals surface area contributed by atoms with Crippen molar-refractivity contribution in [3.05, 3.63) is 35.9 Å². The second kappa shape index (κ2) is 3.70. The maximum absolute atomic E-state index is 5.08. The molecule has 0 radical (unpaired) electrons. The van der Waals surface area contributed by atoms with Crippen molar-refractivity contribution < 1.29 is 4.74 Å². The minimum absolute atomic E-state index is 0.480. The Morgan fingerprint density at radius 3 is 2.75 bits per heavy atom. The molecule has 1 aromatic carbocycles. The predicted octanol–water partition coefficient (Wildman–Crippen LogP) is 1.17. The molecule has 64 valence electrons. The van der Waals surface area contributed by atoms with Crippen molar-refractivity contribution in [2.24, 2.45) is 0 Å². The van der Waals surface area contributed by atoms with E-state index >= 15 is 0 Å². The molecule has 1 fully saturated rings. The van der Waals surface area contributed by atoms with E-state index < -0.39 is 0 Å². The Kier molecular flexibility index (Phi) is 2.39. The average Bonchev–Trinajstić information content (AvgIpc) is 2.90. The Bertz CT molecular complexity index is 231. The molecule has 2 heteroatoms. The normalized spacial score (nSPS) is 20.8. The highest BCUT2D eigenvalue weighted by Gasteiger charge is 2.20. The molecular formula is C10H13NO. The third-order valence-corrected chi connectivity index (χ3v) is 1.95. The van der Waals surface area contributed by atoms with Gasteiger partial charge in [0.05, 0.1) is 12.7 Å². The van der Waals surface area contributed by atoms with Crippen LogP contribution in [0.15, 0.2) is 30.3 Å². The smallest absolute Gasteiger partial charge is 0.0934 e.